The van der Waals surface area contributed by atoms with E-state index in [-0.39, 0.29) is 5.91 Å². The average molecular weight is 230 g/mol. The molecule has 1 aliphatic carbocycles. The Bertz CT molecular complexity index is 336. The number of rotatable bonds is 4. The Morgan fingerprint density at radius 2 is 2.43 bits per heavy atom. The molecular weight excluding hydrogens is 220 g/mol. The number of thioether (sulfide) groups is 1. The van der Waals surface area contributed by atoms with Crippen molar-refractivity contribution in [3.63, 3.8) is 0 Å². The van der Waals surface area contributed by atoms with Crippen molar-refractivity contribution in [2.24, 2.45) is 0 Å². The van der Waals surface area contributed by atoms with Gasteiger partial charge in [0.1, 0.15) is 0 Å². The summed E-state index contributed by atoms with van der Waals surface area (Å²) in [6, 6.07) is 0.419. The number of hydrogen-bond acceptors (Lipinski definition) is 6. The largest absolute Gasteiger partial charge is 0.374 e. The van der Waals surface area contributed by atoms with E-state index in [0.717, 1.165) is 17.2 Å². The summed E-state index contributed by atoms with van der Waals surface area (Å²) in [5.41, 5.74) is 5.41. The van der Waals surface area contributed by atoms with Gasteiger partial charge in [-0.2, -0.15) is 0 Å². The van der Waals surface area contributed by atoms with Gasteiger partial charge in [0.15, 0.2) is 4.34 Å². The van der Waals surface area contributed by atoms with E-state index in [9.17, 15) is 4.79 Å². The van der Waals surface area contributed by atoms with Crippen molar-refractivity contribution in [3.05, 3.63) is 0 Å². The average Bonchev–Trinajstić information content (AvgIpc) is 2.85. The highest BCUT2D eigenvalue weighted by Crippen LogP contribution is 2.24. The number of aromatic nitrogens is 2. The molecule has 1 aliphatic rings. The molecule has 1 heterocycles. The van der Waals surface area contributed by atoms with Crippen molar-refractivity contribution in [3.8, 4) is 0 Å². The third kappa shape index (κ3) is 2.85. The van der Waals surface area contributed by atoms with Gasteiger partial charge in [0.2, 0.25) is 11.0 Å². The zero-order valence-corrected chi connectivity index (χ0v) is 9.03. The minimum Gasteiger partial charge on any atom is -0.374 e. The molecule has 3 N–H and O–H groups in total. The van der Waals surface area contributed by atoms with Crippen LogP contribution in [0.3, 0.4) is 0 Å². The fourth-order valence-electron chi connectivity index (χ4n) is 0.903. The molecule has 1 fully saturated rings. The maximum Gasteiger partial charge on any atom is 0.230 e. The highest BCUT2D eigenvalue weighted by atomic mass is 32.2. The number of carbonyl (C=O) groups excluding carboxylic acids is 1. The quantitative estimate of drug-likeness (QED) is 0.736. The molecule has 0 bridgehead atoms. The van der Waals surface area contributed by atoms with Crippen molar-refractivity contribution in [1.29, 1.82) is 0 Å². The molecule has 0 atom stereocenters. The van der Waals surface area contributed by atoms with Crippen LogP contribution in [-0.4, -0.2) is 27.9 Å². The van der Waals surface area contributed by atoms with Gasteiger partial charge in [0.25, 0.3) is 0 Å². The van der Waals surface area contributed by atoms with E-state index < -0.39 is 0 Å². The van der Waals surface area contributed by atoms with Gasteiger partial charge in [-0.05, 0) is 12.8 Å². The molecule has 2 rings (SSSR count). The summed E-state index contributed by atoms with van der Waals surface area (Å²) in [6.45, 7) is 0. The van der Waals surface area contributed by atoms with Gasteiger partial charge in [0.05, 0.1) is 5.75 Å². The lowest BCUT2D eigenvalue weighted by Crippen LogP contribution is -2.26. The molecule has 1 aromatic rings. The summed E-state index contributed by atoms with van der Waals surface area (Å²) in [6.07, 6.45) is 2.23. The highest BCUT2D eigenvalue weighted by Gasteiger charge is 2.23. The van der Waals surface area contributed by atoms with Crippen LogP contribution in [0.15, 0.2) is 4.34 Å². The fourth-order valence-corrected chi connectivity index (χ4v) is 2.35. The minimum absolute atomic E-state index is 0.0614. The van der Waals surface area contributed by atoms with Gasteiger partial charge in [-0.15, -0.1) is 10.2 Å². The van der Waals surface area contributed by atoms with Crippen LogP contribution < -0.4 is 11.1 Å². The molecule has 14 heavy (non-hydrogen) atoms. The first-order chi connectivity index (χ1) is 6.74. The number of carbonyl (C=O) groups is 1. The van der Waals surface area contributed by atoms with Gasteiger partial charge in [-0.1, -0.05) is 23.1 Å². The topological polar surface area (TPSA) is 80.9 Å². The molecule has 0 aliphatic heterocycles. The second kappa shape index (κ2) is 4.14. The number of nitrogen functional groups attached to an aromatic ring is 1. The third-order valence-corrected chi connectivity index (χ3v) is 3.58. The Balaban J connectivity index is 1.73. The normalized spacial score (nSPS) is 15.4. The summed E-state index contributed by atoms with van der Waals surface area (Å²) < 4.78 is 0.744. The molecular formula is C7H10N4OS2. The van der Waals surface area contributed by atoms with Crippen LogP contribution in [-0.2, 0) is 4.79 Å². The van der Waals surface area contributed by atoms with E-state index in [1.165, 1.54) is 23.1 Å². The molecule has 0 saturated heterocycles. The SMILES string of the molecule is Nc1nnc(SCC(=O)NC2CC2)s1. The first-order valence-electron chi connectivity index (χ1n) is 4.25. The lowest BCUT2D eigenvalue weighted by Gasteiger charge is -1.99. The van der Waals surface area contributed by atoms with Crippen LogP contribution >= 0.6 is 23.1 Å². The van der Waals surface area contributed by atoms with Crippen molar-refractivity contribution in [1.82, 2.24) is 15.5 Å². The molecule has 76 valence electrons. The predicted molar refractivity (Wildman–Crippen MR) is 56.2 cm³/mol. The van der Waals surface area contributed by atoms with E-state index in [2.05, 4.69) is 15.5 Å². The van der Waals surface area contributed by atoms with E-state index in [1.807, 2.05) is 0 Å². The van der Waals surface area contributed by atoms with Crippen LogP contribution in [0.25, 0.3) is 0 Å². The Morgan fingerprint density at radius 1 is 1.64 bits per heavy atom. The van der Waals surface area contributed by atoms with Crippen LogP contribution in [0.2, 0.25) is 0 Å². The Morgan fingerprint density at radius 3 is 3.00 bits per heavy atom. The summed E-state index contributed by atoms with van der Waals surface area (Å²) >= 11 is 2.67. The van der Waals surface area contributed by atoms with Crippen molar-refractivity contribution >= 4 is 34.1 Å². The van der Waals surface area contributed by atoms with Crippen molar-refractivity contribution in [2.45, 2.75) is 23.2 Å². The van der Waals surface area contributed by atoms with E-state index >= 15 is 0 Å². The van der Waals surface area contributed by atoms with Crippen molar-refractivity contribution in [2.75, 3.05) is 11.5 Å². The summed E-state index contributed by atoms with van der Waals surface area (Å²) in [5, 5.41) is 10.8. The molecule has 7 heteroatoms. The molecule has 0 aromatic carbocycles. The minimum atomic E-state index is 0.0614. The molecule has 0 radical (unpaired) electrons. The lowest BCUT2D eigenvalue weighted by atomic mass is 10.6. The predicted octanol–water partition coefficient (Wildman–Crippen LogP) is 0.491. The van der Waals surface area contributed by atoms with Crippen molar-refractivity contribution < 1.29 is 4.79 Å². The first-order valence-corrected chi connectivity index (χ1v) is 6.05. The van der Waals surface area contributed by atoms with Gasteiger partial charge in [0, 0.05) is 6.04 Å². The number of nitrogens with zero attached hydrogens (tertiary/aromatic N) is 2. The number of amides is 1. The molecule has 1 amide bonds. The fraction of sp³-hybridized carbons (Fsp3) is 0.571. The standard InChI is InChI=1S/C7H10N4OS2/c8-6-10-11-7(14-6)13-3-5(12)9-4-1-2-4/h4H,1-3H2,(H2,8,10)(H,9,12). The van der Waals surface area contributed by atoms with Crippen LogP contribution in [0.4, 0.5) is 5.13 Å². The second-order valence-corrected chi connectivity index (χ2v) is 5.27. The maximum absolute atomic E-state index is 11.3. The smallest absolute Gasteiger partial charge is 0.230 e. The molecule has 0 unspecified atom stereocenters. The van der Waals surface area contributed by atoms with Gasteiger partial charge in [-0.3, -0.25) is 4.79 Å². The Labute approximate surface area is 89.5 Å². The van der Waals surface area contributed by atoms with Crippen LogP contribution in [0, 0.1) is 0 Å². The van der Waals surface area contributed by atoms with E-state index in [0.29, 0.717) is 16.9 Å². The summed E-state index contributed by atoms with van der Waals surface area (Å²) in [7, 11) is 0. The molecule has 5 nitrogen and oxygen atoms in total. The van der Waals surface area contributed by atoms with Gasteiger partial charge >= 0.3 is 0 Å². The van der Waals surface area contributed by atoms with Gasteiger partial charge < -0.3 is 11.1 Å². The molecule has 0 spiro atoms. The monoisotopic (exact) mass is 230 g/mol. The Kier molecular flexibility index (Phi) is 2.87. The number of hydrogen-bond donors (Lipinski definition) is 2. The Hall–Kier alpha value is -0.820. The van der Waals surface area contributed by atoms with Crippen LogP contribution in [0.1, 0.15) is 12.8 Å². The van der Waals surface area contributed by atoms with Gasteiger partial charge in [-0.25, -0.2) is 0 Å². The number of nitrogens with one attached hydrogen (secondary N) is 1. The zero-order chi connectivity index (χ0) is 9.97. The first kappa shape index (κ1) is 9.72. The third-order valence-electron chi connectivity index (χ3n) is 1.69. The number of anilines is 1. The zero-order valence-electron chi connectivity index (χ0n) is 7.40. The van der Waals surface area contributed by atoms with Crippen LogP contribution in [0.5, 0.6) is 0 Å². The maximum atomic E-state index is 11.3. The second-order valence-electron chi connectivity index (χ2n) is 3.04. The highest BCUT2D eigenvalue weighted by molar-refractivity contribution is 8.01. The number of nitrogens with two attached hydrogens (primary N) is 1. The summed E-state index contributed by atoms with van der Waals surface area (Å²) in [4.78, 5) is 11.3. The van der Waals surface area contributed by atoms with E-state index in [4.69, 9.17) is 5.73 Å². The van der Waals surface area contributed by atoms with E-state index in [1.54, 1.807) is 0 Å². The lowest BCUT2D eigenvalue weighted by molar-refractivity contribution is -0.118. The molecule has 1 saturated carbocycles. The summed E-state index contributed by atoms with van der Waals surface area (Å²) in [5.74, 6) is 0.455. The molecule has 1 aromatic heterocycles.